The maximum absolute atomic E-state index is 11.9. The van der Waals surface area contributed by atoms with E-state index in [1.807, 2.05) is 35.9 Å². The average molecular weight is 324 g/mol. The Morgan fingerprint density at radius 1 is 1.17 bits per heavy atom. The summed E-state index contributed by atoms with van der Waals surface area (Å²) in [6.07, 6.45) is 4.23. The molecule has 0 aliphatic heterocycles. The summed E-state index contributed by atoms with van der Waals surface area (Å²) in [5.74, 6) is -0.00919. The van der Waals surface area contributed by atoms with Crippen LogP contribution in [-0.2, 0) is 18.4 Å². The maximum atomic E-state index is 11.9. The Kier molecular flexibility index (Phi) is 4.46. The van der Waals surface area contributed by atoms with E-state index in [0.717, 1.165) is 16.9 Å². The van der Waals surface area contributed by atoms with Crippen LogP contribution in [0, 0.1) is 0 Å². The largest absolute Gasteiger partial charge is 0.347 e. The van der Waals surface area contributed by atoms with E-state index in [-0.39, 0.29) is 24.7 Å². The first-order valence-corrected chi connectivity index (χ1v) is 7.36. The second-order valence-corrected chi connectivity index (χ2v) is 5.13. The number of hydrogen-bond donors (Lipinski definition) is 2. The normalized spacial score (nSPS) is 10.5. The zero-order chi connectivity index (χ0) is 16.9. The number of hydrogen-bond acceptors (Lipinski definition) is 5. The number of para-hydroxylation sites is 2. The van der Waals surface area contributed by atoms with Gasteiger partial charge in [-0.05, 0) is 12.1 Å². The van der Waals surface area contributed by atoms with Gasteiger partial charge in [0.2, 0.25) is 5.91 Å². The van der Waals surface area contributed by atoms with Gasteiger partial charge in [-0.1, -0.05) is 12.1 Å². The highest BCUT2D eigenvalue weighted by molar-refractivity contribution is 5.94. The summed E-state index contributed by atoms with van der Waals surface area (Å²) < 4.78 is 1.92. The Morgan fingerprint density at radius 3 is 2.75 bits per heavy atom. The molecule has 0 saturated carbocycles. The average Bonchev–Trinajstić information content (AvgIpc) is 2.95. The van der Waals surface area contributed by atoms with Crippen molar-refractivity contribution in [1.82, 2.24) is 30.2 Å². The monoisotopic (exact) mass is 324 g/mol. The molecule has 24 heavy (non-hydrogen) atoms. The van der Waals surface area contributed by atoms with E-state index in [2.05, 4.69) is 25.6 Å². The topological polar surface area (TPSA) is 102 Å². The van der Waals surface area contributed by atoms with Crippen LogP contribution < -0.4 is 10.6 Å². The predicted octanol–water partition coefficient (Wildman–Crippen LogP) is 0.410. The van der Waals surface area contributed by atoms with Crippen LogP contribution in [0.4, 0.5) is 0 Å². The van der Waals surface area contributed by atoms with Crippen molar-refractivity contribution < 1.29 is 9.59 Å². The number of aryl methyl sites for hydroxylation is 1. The number of nitrogens with one attached hydrogen (secondary N) is 2. The highest BCUT2D eigenvalue weighted by Gasteiger charge is 2.11. The number of aromatic nitrogens is 4. The van der Waals surface area contributed by atoms with Gasteiger partial charge in [0.1, 0.15) is 11.5 Å². The number of amides is 2. The van der Waals surface area contributed by atoms with Gasteiger partial charge >= 0.3 is 0 Å². The molecule has 0 spiro atoms. The zero-order valence-electron chi connectivity index (χ0n) is 13.1. The van der Waals surface area contributed by atoms with Gasteiger partial charge in [-0.3, -0.25) is 14.6 Å². The lowest BCUT2D eigenvalue weighted by molar-refractivity contribution is -0.120. The molecule has 0 radical (unpaired) electrons. The lowest BCUT2D eigenvalue weighted by Gasteiger charge is -2.07. The summed E-state index contributed by atoms with van der Waals surface area (Å²) in [5.41, 5.74) is 2.04. The Hall–Kier alpha value is -3.29. The van der Waals surface area contributed by atoms with Crippen LogP contribution in [0.1, 0.15) is 16.3 Å². The maximum Gasteiger partial charge on any atom is 0.271 e. The van der Waals surface area contributed by atoms with E-state index in [0.29, 0.717) is 0 Å². The van der Waals surface area contributed by atoms with Crippen molar-refractivity contribution in [3.8, 4) is 0 Å². The van der Waals surface area contributed by atoms with E-state index >= 15 is 0 Å². The molecule has 0 atom stereocenters. The SMILES string of the molecule is Cn1c(CNC(=O)CNC(=O)c2cnccn2)nc2ccccc21. The van der Waals surface area contributed by atoms with Crippen molar-refractivity contribution in [2.24, 2.45) is 7.05 Å². The second kappa shape index (κ2) is 6.86. The predicted molar refractivity (Wildman–Crippen MR) is 86.9 cm³/mol. The van der Waals surface area contributed by atoms with Crippen molar-refractivity contribution in [1.29, 1.82) is 0 Å². The fourth-order valence-corrected chi connectivity index (χ4v) is 2.26. The molecule has 8 heteroatoms. The van der Waals surface area contributed by atoms with Gasteiger partial charge in [0.25, 0.3) is 5.91 Å². The molecule has 122 valence electrons. The van der Waals surface area contributed by atoms with Gasteiger partial charge in [-0.25, -0.2) is 9.97 Å². The molecule has 2 aromatic heterocycles. The number of carbonyl (C=O) groups excluding carboxylic acids is 2. The molecule has 2 N–H and O–H groups in total. The van der Waals surface area contributed by atoms with Gasteiger partial charge in [0.05, 0.1) is 30.3 Å². The molecule has 0 unspecified atom stereocenters. The van der Waals surface area contributed by atoms with Gasteiger partial charge < -0.3 is 15.2 Å². The molecule has 8 nitrogen and oxygen atoms in total. The van der Waals surface area contributed by atoms with Crippen molar-refractivity contribution >= 4 is 22.8 Å². The van der Waals surface area contributed by atoms with Gasteiger partial charge in [0, 0.05) is 19.4 Å². The summed E-state index contributed by atoms with van der Waals surface area (Å²) in [6.45, 7) is 0.143. The minimum absolute atomic E-state index is 0.140. The number of imidazole rings is 1. The lowest BCUT2D eigenvalue weighted by Crippen LogP contribution is -2.37. The summed E-state index contributed by atoms with van der Waals surface area (Å²) >= 11 is 0. The standard InChI is InChI=1S/C16H16N6O2/c1-22-13-5-3-2-4-11(13)21-14(22)9-19-15(23)10-20-16(24)12-8-17-6-7-18-12/h2-8H,9-10H2,1H3,(H,19,23)(H,20,24). The van der Waals surface area contributed by atoms with Crippen molar-refractivity contribution in [3.05, 3.63) is 54.4 Å². The molecule has 2 amide bonds. The smallest absolute Gasteiger partial charge is 0.271 e. The van der Waals surface area contributed by atoms with E-state index in [1.54, 1.807) is 0 Å². The van der Waals surface area contributed by atoms with E-state index in [1.165, 1.54) is 18.6 Å². The Bertz CT molecular complexity index is 875. The number of rotatable bonds is 5. The van der Waals surface area contributed by atoms with Crippen LogP contribution in [0.2, 0.25) is 0 Å². The Morgan fingerprint density at radius 2 is 2.00 bits per heavy atom. The number of nitrogens with zero attached hydrogens (tertiary/aromatic N) is 4. The second-order valence-electron chi connectivity index (χ2n) is 5.13. The first-order chi connectivity index (χ1) is 11.6. The first-order valence-electron chi connectivity index (χ1n) is 7.36. The zero-order valence-corrected chi connectivity index (χ0v) is 13.1. The third kappa shape index (κ3) is 3.37. The minimum Gasteiger partial charge on any atom is -0.347 e. The summed E-state index contributed by atoms with van der Waals surface area (Å²) in [7, 11) is 1.90. The number of carbonyl (C=O) groups is 2. The van der Waals surface area contributed by atoms with Crippen LogP contribution in [0.25, 0.3) is 11.0 Å². The van der Waals surface area contributed by atoms with Gasteiger partial charge in [-0.15, -0.1) is 0 Å². The molecule has 2 heterocycles. The lowest BCUT2D eigenvalue weighted by atomic mass is 10.3. The number of benzene rings is 1. The molecule has 0 fully saturated rings. The van der Waals surface area contributed by atoms with Crippen molar-refractivity contribution in [2.75, 3.05) is 6.54 Å². The van der Waals surface area contributed by atoms with Crippen LogP contribution in [0.5, 0.6) is 0 Å². The Balaban J connectivity index is 1.54. The molecule has 3 aromatic rings. The van der Waals surface area contributed by atoms with Crippen LogP contribution in [-0.4, -0.2) is 37.9 Å². The third-order valence-electron chi connectivity index (χ3n) is 3.53. The van der Waals surface area contributed by atoms with Gasteiger partial charge in [-0.2, -0.15) is 0 Å². The first kappa shape index (κ1) is 15.6. The highest BCUT2D eigenvalue weighted by Crippen LogP contribution is 2.13. The van der Waals surface area contributed by atoms with Crippen LogP contribution in [0.15, 0.2) is 42.9 Å². The summed E-state index contributed by atoms with van der Waals surface area (Å²) in [4.78, 5) is 35.8. The quantitative estimate of drug-likeness (QED) is 0.708. The molecule has 0 saturated heterocycles. The minimum atomic E-state index is -0.444. The number of fused-ring (bicyclic) bond motifs is 1. The molecule has 0 aliphatic rings. The fraction of sp³-hybridized carbons (Fsp3) is 0.188. The highest BCUT2D eigenvalue weighted by atomic mass is 16.2. The van der Waals surface area contributed by atoms with Crippen molar-refractivity contribution in [3.63, 3.8) is 0 Å². The van der Waals surface area contributed by atoms with E-state index in [9.17, 15) is 9.59 Å². The molecular formula is C16H16N6O2. The molecule has 1 aromatic carbocycles. The van der Waals surface area contributed by atoms with Crippen LogP contribution in [0.3, 0.4) is 0 Å². The summed E-state index contributed by atoms with van der Waals surface area (Å²) in [5, 5.41) is 5.23. The summed E-state index contributed by atoms with van der Waals surface area (Å²) in [6, 6.07) is 7.74. The molecule has 0 aliphatic carbocycles. The van der Waals surface area contributed by atoms with Crippen molar-refractivity contribution in [2.45, 2.75) is 6.54 Å². The van der Waals surface area contributed by atoms with E-state index < -0.39 is 5.91 Å². The fourth-order valence-electron chi connectivity index (χ4n) is 2.26. The van der Waals surface area contributed by atoms with Crippen LogP contribution >= 0.6 is 0 Å². The Labute approximate surface area is 137 Å². The third-order valence-corrected chi connectivity index (χ3v) is 3.53. The molecule has 0 bridgehead atoms. The molecular weight excluding hydrogens is 308 g/mol. The molecule has 3 rings (SSSR count). The van der Waals surface area contributed by atoms with Gasteiger partial charge in [0.15, 0.2) is 0 Å². The van der Waals surface area contributed by atoms with E-state index in [4.69, 9.17) is 0 Å².